The molecule has 0 bridgehead atoms. The molecule has 0 saturated carbocycles. The molecule has 1 fully saturated rings. The second-order valence-electron chi connectivity index (χ2n) is 6.25. The van der Waals surface area contributed by atoms with E-state index < -0.39 is 0 Å². The van der Waals surface area contributed by atoms with Crippen molar-refractivity contribution in [1.29, 1.82) is 0 Å². The molecule has 0 aromatic carbocycles. The summed E-state index contributed by atoms with van der Waals surface area (Å²) in [5.41, 5.74) is 1.11. The van der Waals surface area contributed by atoms with Gasteiger partial charge in [0.25, 0.3) is 0 Å². The Morgan fingerprint density at radius 2 is 2.35 bits per heavy atom. The molecule has 0 spiro atoms. The summed E-state index contributed by atoms with van der Waals surface area (Å²) >= 11 is 0. The van der Waals surface area contributed by atoms with Gasteiger partial charge in [-0.2, -0.15) is 5.10 Å². The van der Waals surface area contributed by atoms with Crippen LogP contribution in [0, 0.1) is 5.92 Å². The average Bonchev–Trinajstić information content (AvgIpc) is 3.32. The molecule has 1 saturated heterocycles. The minimum absolute atomic E-state index is 0. The molecule has 26 heavy (non-hydrogen) atoms. The fourth-order valence-electron chi connectivity index (χ4n) is 2.93. The molecule has 1 aliphatic heterocycles. The second kappa shape index (κ2) is 10.5. The standard InChI is InChI=1S/C18H26N6O.HI/c1-3-19-18(23(2)13-16-6-10-25-14-16)21-12-15-5-8-20-17(11-15)24-9-4-7-22-24;/h4-5,7-9,11,16H,3,6,10,12-14H2,1-2H3,(H,19,21);1H. The normalized spacial score (nSPS) is 17.0. The van der Waals surface area contributed by atoms with Gasteiger partial charge in [0, 0.05) is 51.3 Å². The van der Waals surface area contributed by atoms with Gasteiger partial charge in [-0.1, -0.05) is 0 Å². The number of aromatic nitrogens is 3. The summed E-state index contributed by atoms with van der Waals surface area (Å²) in [5.74, 6) is 2.31. The maximum absolute atomic E-state index is 5.47. The molecule has 1 atom stereocenters. The van der Waals surface area contributed by atoms with Crippen LogP contribution in [0.3, 0.4) is 0 Å². The number of ether oxygens (including phenoxy) is 1. The Labute approximate surface area is 171 Å². The molecule has 2 aromatic heterocycles. The molecular weight excluding hydrogens is 443 g/mol. The van der Waals surface area contributed by atoms with E-state index in [9.17, 15) is 0 Å². The van der Waals surface area contributed by atoms with Crippen LogP contribution in [-0.2, 0) is 11.3 Å². The number of nitrogens with one attached hydrogen (secondary N) is 1. The topological polar surface area (TPSA) is 67.6 Å². The third kappa shape index (κ3) is 5.66. The van der Waals surface area contributed by atoms with Gasteiger partial charge in [0.15, 0.2) is 11.8 Å². The summed E-state index contributed by atoms with van der Waals surface area (Å²) in [6, 6.07) is 5.90. The lowest BCUT2D eigenvalue weighted by Gasteiger charge is -2.24. The lowest BCUT2D eigenvalue weighted by molar-refractivity contribution is 0.181. The van der Waals surface area contributed by atoms with Gasteiger partial charge in [-0.25, -0.2) is 14.7 Å². The number of hydrogen-bond acceptors (Lipinski definition) is 4. The van der Waals surface area contributed by atoms with Crippen molar-refractivity contribution in [1.82, 2.24) is 25.0 Å². The molecular formula is C18H27IN6O. The predicted molar refractivity (Wildman–Crippen MR) is 113 cm³/mol. The highest BCUT2D eigenvalue weighted by Gasteiger charge is 2.19. The molecule has 1 N–H and O–H groups in total. The van der Waals surface area contributed by atoms with Crippen molar-refractivity contribution in [3.05, 3.63) is 42.4 Å². The van der Waals surface area contributed by atoms with Crippen LogP contribution >= 0.6 is 24.0 Å². The number of pyridine rings is 1. The van der Waals surface area contributed by atoms with Gasteiger partial charge in [0.1, 0.15) is 0 Å². The number of hydrogen-bond donors (Lipinski definition) is 1. The van der Waals surface area contributed by atoms with Gasteiger partial charge < -0.3 is 15.0 Å². The van der Waals surface area contributed by atoms with Crippen molar-refractivity contribution in [2.45, 2.75) is 19.9 Å². The minimum Gasteiger partial charge on any atom is -0.381 e. The largest absolute Gasteiger partial charge is 0.381 e. The van der Waals surface area contributed by atoms with Crippen molar-refractivity contribution in [2.75, 3.05) is 33.4 Å². The van der Waals surface area contributed by atoms with Gasteiger partial charge in [-0.3, -0.25) is 0 Å². The zero-order valence-corrected chi connectivity index (χ0v) is 17.7. The van der Waals surface area contributed by atoms with Crippen LogP contribution in [-0.4, -0.2) is 59.0 Å². The zero-order chi connectivity index (χ0) is 17.5. The number of rotatable bonds is 6. The first-order chi connectivity index (χ1) is 12.3. The fraction of sp³-hybridized carbons (Fsp3) is 0.500. The molecule has 2 aromatic rings. The lowest BCUT2D eigenvalue weighted by atomic mass is 10.1. The molecule has 0 aliphatic carbocycles. The van der Waals surface area contributed by atoms with Gasteiger partial charge >= 0.3 is 0 Å². The quantitative estimate of drug-likeness (QED) is 0.399. The SMILES string of the molecule is CCNC(=NCc1ccnc(-n2cccn2)c1)N(C)CC1CCOC1.I. The molecule has 142 valence electrons. The molecule has 0 amide bonds. The molecule has 3 rings (SSSR count). The maximum Gasteiger partial charge on any atom is 0.193 e. The van der Waals surface area contributed by atoms with E-state index in [4.69, 9.17) is 9.73 Å². The van der Waals surface area contributed by atoms with Crippen LogP contribution in [0.15, 0.2) is 41.8 Å². The van der Waals surface area contributed by atoms with Crippen molar-refractivity contribution in [3.63, 3.8) is 0 Å². The Morgan fingerprint density at radius 3 is 3.04 bits per heavy atom. The Kier molecular flexibility index (Phi) is 8.30. The molecule has 0 radical (unpaired) electrons. The van der Waals surface area contributed by atoms with E-state index in [1.54, 1.807) is 17.1 Å². The maximum atomic E-state index is 5.47. The van der Waals surface area contributed by atoms with E-state index in [0.29, 0.717) is 12.5 Å². The summed E-state index contributed by atoms with van der Waals surface area (Å²) < 4.78 is 7.23. The highest BCUT2D eigenvalue weighted by molar-refractivity contribution is 14.0. The summed E-state index contributed by atoms with van der Waals surface area (Å²) in [5, 5.41) is 7.59. The first-order valence-corrected chi connectivity index (χ1v) is 8.78. The monoisotopic (exact) mass is 470 g/mol. The van der Waals surface area contributed by atoms with E-state index in [0.717, 1.165) is 50.1 Å². The van der Waals surface area contributed by atoms with Gasteiger partial charge in [-0.15, -0.1) is 24.0 Å². The summed E-state index contributed by atoms with van der Waals surface area (Å²) in [6.07, 6.45) is 6.56. The van der Waals surface area contributed by atoms with Crippen LogP contribution in [0.5, 0.6) is 0 Å². The van der Waals surface area contributed by atoms with Crippen molar-refractivity contribution >= 4 is 29.9 Å². The molecule has 1 aliphatic rings. The average molecular weight is 470 g/mol. The third-order valence-electron chi connectivity index (χ3n) is 4.21. The zero-order valence-electron chi connectivity index (χ0n) is 15.3. The summed E-state index contributed by atoms with van der Waals surface area (Å²) in [4.78, 5) is 11.3. The first kappa shape index (κ1) is 20.6. The molecule has 3 heterocycles. The Hall–Kier alpha value is -1.68. The first-order valence-electron chi connectivity index (χ1n) is 8.78. The Morgan fingerprint density at radius 1 is 1.46 bits per heavy atom. The predicted octanol–water partition coefficient (Wildman–Crippen LogP) is 2.32. The fourth-order valence-corrected chi connectivity index (χ4v) is 2.93. The lowest BCUT2D eigenvalue weighted by Crippen LogP contribution is -2.41. The van der Waals surface area contributed by atoms with Crippen LogP contribution in [0.4, 0.5) is 0 Å². The Balaban J connectivity index is 0.00000243. The van der Waals surface area contributed by atoms with Crippen molar-refractivity contribution in [2.24, 2.45) is 10.9 Å². The van der Waals surface area contributed by atoms with Gasteiger partial charge in [0.2, 0.25) is 0 Å². The number of guanidine groups is 1. The van der Waals surface area contributed by atoms with E-state index in [1.807, 2.05) is 24.4 Å². The molecule has 8 heteroatoms. The Bertz CT molecular complexity index is 685. The molecule has 7 nitrogen and oxygen atoms in total. The highest BCUT2D eigenvalue weighted by Crippen LogP contribution is 2.13. The smallest absolute Gasteiger partial charge is 0.193 e. The van der Waals surface area contributed by atoms with E-state index in [2.05, 4.69) is 34.3 Å². The molecule has 1 unspecified atom stereocenters. The number of halogens is 1. The van der Waals surface area contributed by atoms with E-state index in [-0.39, 0.29) is 24.0 Å². The van der Waals surface area contributed by atoms with Crippen LogP contribution in [0.1, 0.15) is 18.9 Å². The van der Waals surface area contributed by atoms with E-state index >= 15 is 0 Å². The van der Waals surface area contributed by atoms with Crippen LogP contribution in [0.2, 0.25) is 0 Å². The highest BCUT2D eigenvalue weighted by atomic mass is 127. The van der Waals surface area contributed by atoms with Gasteiger partial charge in [-0.05, 0) is 37.1 Å². The second-order valence-corrected chi connectivity index (χ2v) is 6.25. The third-order valence-corrected chi connectivity index (χ3v) is 4.21. The van der Waals surface area contributed by atoms with Crippen LogP contribution < -0.4 is 5.32 Å². The summed E-state index contributed by atoms with van der Waals surface area (Å²) in [7, 11) is 2.08. The van der Waals surface area contributed by atoms with Crippen molar-refractivity contribution in [3.8, 4) is 5.82 Å². The van der Waals surface area contributed by atoms with E-state index in [1.165, 1.54) is 0 Å². The van der Waals surface area contributed by atoms with Gasteiger partial charge in [0.05, 0.1) is 13.2 Å². The summed E-state index contributed by atoms with van der Waals surface area (Å²) in [6.45, 7) is 6.22. The van der Waals surface area contributed by atoms with Crippen molar-refractivity contribution < 1.29 is 4.74 Å². The number of aliphatic imine (C=N–C) groups is 1. The van der Waals surface area contributed by atoms with Crippen LogP contribution in [0.25, 0.3) is 5.82 Å². The minimum atomic E-state index is 0. The number of nitrogens with zero attached hydrogens (tertiary/aromatic N) is 5.